The van der Waals surface area contributed by atoms with Crippen molar-refractivity contribution >= 4 is 24.2 Å². The summed E-state index contributed by atoms with van der Waals surface area (Å²) in [5, 5.41) is 0. The van der Waals surface area contributed by atoms with Crippen LogP contribution in [0.4, 0.5) is 0 Å². The Morgan fingerprint density at radius 1 is 1.40 bits per heavy atom. The molecule has 0 unspecified atom stereocenters. The summed E-state index contributed by atoms with van der Waals surface area (Å²) in [4.78, 5) is 0. The van der Waals surface area contributed by atoms with Crippen molar-refractivity contribution in [3.63, 3.8) is 0 Å². The highest BCUT2D eigenvalue weighted by Gasteiger charge is 2.03. The molecule has 60 valence electrons. The molecule has 2 N–H and O–H groups in total. The van der Waals surface area contributed by atoms with E-state index in [2.05, 4.69) is 6.08 Å². The van der Waals surface area contributed by atoms with E-state index in [0.717, 1.165) is 6.54 Å². The van der Waals surface area contributed by atoms with Crippen molar-refractivity contribution < 1.29 is 0 Å². The third-order valence-electron chi connectivity index (χ3n) is 1.54. The van der Waals surface area contributed by atoms with E-state index in [-0.39, 0.29) is 12.4 Å². The van der Waals surface area contributed by atoms with E-state index in [4.69, 9.17) is 5.73 Å². The van der Waals surface area contributed by atoms with Crippen LogP contribution >= 0.6 is 24.2 Å². The molecule has 0 bridgehead atoms. The zero-order valence-corrected chi connectivity index (χ0v) is 7.64. The van der Waals surface area contributed by atoms with E-state index < -0.39 is 0 Å². The van der Waals surface area contributed by atoms with Crippen LogP contribution in [0.2, 0.25) is 0 Å². The largest absolute Gasteiger partial charge is 0.327 e. The van der Waals surface area contributed by atoms with E-state index >= 15 is 0 Å². The molecule has 3 heteroatoms. The van der Waals surface area contributed by atoms with Crippen LogP contribution in [0.15, 0.2) is 11.6 Å². The standard InChI is InChI=1S/C7H13NS.ClH/c8-4-1-7-2-5-9-6-3-7;/h1H,2-6,8H2;1H. The molecule has 1 aliphatic heterocycles. The van der Waals surface area contributed by atoms with Crippen LogP contribution in [-0.2, 0) is 0 Å². The second-order valence-electron chi connectivity index (χ2n) is 2.21. The zero-order valence-electron chi connectivity index (χ0n) is 6.01. The van der Waals surface area contributed by atoms with Crippen LogP contribution in [0.5, 0.6) is 0 Å². The molecule has 1 aliphatic rings. The first-order chi connectivity index (χ1) is 4.43. The Labute approximate surface area is 72.8 Å². The van der Waals surface area contributed by atoms with Crippen molar-refractivity contribution in [2.24, 2.45) is 5.73 Å². The van der Waals surface area contributed by atoms with E-state index in [1.54, 1.807) is 5.57 Å². The molecule has 1 saturated heterocycles. The lowest BCUT2D eigenvalue weighted by atomic mass is 10.1. The molecule has 0 aromatic heterocycles. The molecule has 0 atom stereocenters. The summed E-state index contributed by atoms with van der Waals surface area (Å²) in [7, 11) is 0. The minimum atomic E-state index is 0. The van der Waals surface area contributed by atoms with Crippen molar-refractivity contribution in [3.05, 3.63) is 11.6 Å². The van der Waals surface area contributed by atoms with Crippen molar-refractivity contribution in [2.45, 2.75) is 12.8 Å². The number of hydrogen-bond donors (Lipinski definition) is 1. The first kappa shape index (κ1) is 10.3. The first-order valence-corrected chi connectivity index (χ1v) is 4.54. The molecule has 1 nitrogen and oxygen atoms in total. The number of allylic oxidation sites excluding steroid dienone is 1. The van der Waals surface area contributed by atoms with Gasteiger partial charge in [-0.1, -0.05) is 11.6 Å². The van der Waals surface area contributed by atoms with Gasteiger partial charge in [0.05, 0.1) is 0 Å². The maximum atomic E-state index is 5.38. The summed E-state index contributed by atoms with van der Waals surface area (Å²) in [6.07, 6.45) is 4.70. The Morgan fingerprint density at radius 3 is 2.50 bits per heavy atom. The summed E-state index contributed by atoms with van der Waals surface area (Å²) in [5.74, 6) is 2.59. The molecule has 0 aliphatic carbocycles. The lowest BCUT2D eigenvalue weighted by Gasteiger charge is -2.12. The van der Waals surface area contributed by atoms with Crippen molar-refractivity contribution in [1.82, 2.24) is 0 Å². The second kappa shape index (κ2) is 6.08. The van der Waals surface area contributed by atoms with Gasteiger partial charge in [-0.25, -0.2) is 0 Å². The van der Waals surface area contributed by atoms with Gasteiger partial charge in [0.15, 0.2) is 0 Å². The van der Waals surface area contributed by atoms with Crippen molar-refractivity contribution in [1.29, 1.82) is 0 Å². The Kier molecular flexibility index (Phi) is 6.28. The topological polar surface area (TPSA) is 26.0 Å². The van der Waals surface area contributed by atoms with Gasteiger partial charge in [0.2, 0.25) is 0 Å². The molecule has 1 fully saturated rings. The smallest absolute Gasteiger partial charge is 0.0109 e. The third kappa shape index (κ3) is 3.49. The number of thioether (sulfide) groups is 1. The molecule has 0 saturated carbocycles. The molecule has 1 heterocycles. The van der Waals surface area contributed by atoms with Gasteiger partial charge in [-0.05, 0) is 24.3 Å². The highest BCUT2D eigenvalue weighted by Crippen LogP contribution is 2.20. The highest BCUT2D eigenvalue weighted by atomic mass is 35.5. The van der Waals surface area contributed by atoms with Crippen molar-refractivity contribution in [2.75, 3.05) is 18.1 Å². The van der Waals surface area contributed by atoms with Gasteiger partial charge in [0.25, 0.3) is 0 Å². The van der Waals surface area contributed by atoms with Gasteiger partial charge in [-0.2, -0.15) is 11.8 Å². The summed E-state index contributed by atoms with van der Waals surface area (Å²) < 4.78 is 0. The zero-order chi connectivity index (χ0) is 6.53. The summed E-state index contributed by atoms with van der Waals surface area (Å²) in [5.41, 5.74) is 6.94. The fourth-order valence-corrected chi connectivity index (χ4v) is 2.02. The van der Waals surface area contributed by atoms with Crippen LogP contribution in [0.25, 0.3) is 0 Å². The normalized spacial score (nSPS) is 17.9. The molecule has 0 radical (unpaired) electrons. The Hall–Kier alpha value is 0.340. The molecular formula is C7H14ClNS. The summed E-state index contributed by atoms with van der Waals surface area (Å²) in [6.45, 7) is 0.722. The maximum Gasteiger partial charge on any atom is 0.0109 e. The Morgan fingerprint density at radius 2 is 2.00 bits per heavy atom. The number of nitrogens with two attached hydrogens (primary N) is 1. The molecule has 10 heavy (non-hydrogen) atoms. The van der Waals surface area contributed by atoms with Gasteiger partial charge < -0.3 is 5.73 Å². The van der Waals surface area contributed by atoms with Gasteiger partial charge in [-0.15, -0.1) is 12.4 Å². The first-order valence-electron chi connectivity index (χ1n) is 3.39. The minimum Gasteiger partial charge on any atom is -0.327 e. The Bertz CT molecular complexity index is 106. The van der Waals surface area contributed by atoms with Gasteiger partial charge >= 0.3 is 0 Å². The van der Waals surface area contributed by atoms with E-state index in [0.29, 0.717) is 0 Å². The van der Waals surface area contributed by atoms with Crippen molar-refractivity contribution in [3.8, 4) is 0 Å². The molecule has 1 rings (SSSR count). The second-order valence-corrected chi connectivity index (χ2v) is 3.44. The lowest BCUT2D eigenvalue weighted by Crippen LogP contribution is -2.02. The minimum absolute atomic E-state index is 0. The molecular weight excluding hydrogens is 166 g/mol. The molecule has 0 aromatic rings. The fourth-order valence-electron chi connectivity index (χ4n) is 1.00. The molecule has 0 spiro atoms. The highest BCUT2D eigenvalue weighted by molar-refractivity contribution is 7.99. The van der Waals surface area contributed by atoms with Gasteiger partial charge in [0.1, 0.15) is 0 Å². The maximum absolute atomic E-state index is 5.38. The Balaban J connectivity index is 0.000000810. The van der Waals surface area contributed by atoms with Gasteiger partial charge in [0, 0.05) is 6.54 Å². The summed E-state index contributed by atoms with van der Waals surface area (Å²) >= 11 is 2.04. The molecule has 0 amide bonds. The van der Waals surface area contributed by atoms with E-state index in [9.17, 15) is 0 Å². The average molecular weight is 180 g/mol. The predicted octanol–water partition coefficient (Wildman–Crippen LogP) is 1.82. The SMILES string of the molecule is Cl.NCC=C1CCSCC1. The quantitative estimate of drug-likeness (QED) is 0.622. The molecule has 0 aromatic carbocycles. The van der Waals surface area contributed by atoms with Crippen LogP contribution in [0, 0.1) is 0 Å². The van der Waals surface area contributed by atoms with E-state index in [1.165, 1.54) is 24.3 Å². The van der Waals surface area contributed by atoms with Crippen LogP contribution in [-0.4, -0.2) is 18.1 Å². The van der Waals surface area contributed by atoms with E-state index in [1.807, 2.05) is 11.8 Å². The predicted molar refractivity (Wildman–Crippen MR) is 50.9 cm³/mol. The van der Waals surface area contributed by atoms with Crippen LogP contribution < -0.4 is 5.73 Å². The number of hydrogen-bond acceptors (Lipinski definition) is 2. The lowest BCUT2D eigenvalue weighted by molar-refractivity contribution is 0.950. The number of rotatable bonds is 1. The third-order valence-corrected chi connectivity index (χ3v) is 2.53. The monoisotopic (exact) mass is 179 g/mol. The fraction of sp³-hybridized carbons (Fsp3) is 0.714. The summed E-state index contributed by atoms with van der Waals surface area (Å²) in [6, 6.07) is 0. The average Bonchev–Trinajstić information content (AvgIpc) is 1.91. The van der Waals surface area contributed by atoms with Gasteiger partial charge in [-0.3, -0.25) is 0 Å². The number of halogens is 1. The van der Waals surface area contributed by atoms with Crippen LogP contribution in [0.1, 0.15) is 12.8 Å². The van der Waals surface area contributed by atoms with Crippen LogP contribution in [0.3, 0.4) is 0 Å².